The van der Waals surface area contributed by atoms with Crippen LogP contribution >= 0.6 is 0 Å². The summed E-state index contributed by atoms with van der Waals surface area (Å²) in [7, 11) is 3.54. The number of aromatic nitrogens is 1. The summed E-state index contributed by atoms with van der Waals surface area (Å²) in [5.74, 6) is -0.187. The van der Waals surface area contributed by atoms with E-state index in [1.54, 1.807) is 13.1 Å². The van der Waals surface area contributed by atoms with Gasteiger partial charge in [-0.1, -0.05) is 18.7 Å². The SMILES string of the molecule is C=C(NC1CC1)c1cc(Cc2cccc(NC)c2C)nc(C(=O)NC)c1. The van der Waals surface area contributed by atoms with E-state index < -0.39 is 0 Å². The van der Waals surface area contributed by atoms with E-state index in [0.717, 1.165) is 22.6 Å². The molecule has 0 bridgehead atoms. The number of carbonyl (C=O) groups is 1. The molecule has 1 aromatic carbocycles. The van der Waals surface area contributed by atoms with Crippen molar-refractivity contribution in [1.29, 1.82) is 0 Å². The van der Waals surface area contributed by atoms with Crippen molar-refractivity contribution in [3.63, 3.8) is 0 Å². The number of nitrogens with one attached hydrogen (secondary N) is 3. The molecule has 1 aliphatic rings. The van der Waals surface area contributed by atoms with E-state index in [1.807, 2.05) is 19.2 Å². The second-order valence-electron chi connectivity index (χ2n) is 6.73. The number of amides is 1. The molecule has 0 saturated heterocycles. The van der Waals surface area contributed by atoms with Gasteiger partial charge in [0.2, 0.25) is 0 Å². The molecule has 136 valence electrons. The van der Waals surface area contributed by atoms with Crippen LogP contribution in [-0.2, 0) is 6.42 Å². The molecule has 5 heteroatoms. The van der Waals surface area contributed by atoms with E-state index >= 15 is 0 Å². The Labute approximate surface area is 154 Å². The summed E-state index contributed by atoms with van der Waals surface area (Å²) in [5.41, 5.74) is 6.52. The number of nitrogens with zero attached hydrogens (tertiary/aromatic N) is 1. The zero-order chi connectivity index (χ0) is 18.7. The predicted octanol–water partition coefficient (Wildman–Crippen LogP) is 3.10. The molecule has 1 aliphatic carbocycles. The van der Waals surface area contributed by atoms with Gasteiger partial charge in [0.1, 0.15) is 5.69 Å². The molecule has 0 spiro atoms. The van der Waals surface area contributed by atoms with Crippen LogP contribution in [0.2, 0.25) is 0 Å². The first-order valence-electron chi connectivity index (χ1n) is 8.97. The monoisotopic (exact) mass is 350 g/mol. The lowest BCUT2D eigenvalue weighted by Gasteiger charge is -2.14. The number of pyridine rings is 1. The van der Waals surface area contributed by atoms with Gasteiger partial charge < -0.3 is 16.0 Å². The summed E-state index contributed by atoms with van der Waals surface area (Å²) in [4.78, 5) is 16.7. The van der Waals surface area contributed by atoms with Crippen molar-refractivity contribution in [3.05, 3.63) is 65.0 Å². The van der Waals surface area contributed by atoms with Crippen molar-refractivity contribution in [1.82, 2.24) is 15.6 Å². The van der Waals surface area contributed by atoms with Gasteiger partial charge in [0.25, 0.3) is 5.91 Å². The van der Waals surface area contributed by atoms with Crippen molar-refractivity contribution in [2.24, 2.45) is 0 Å². The molecule has 1 saturated carbocycles. The minimum Gasteiger partial charge on any atom is -0.388 e. The minimum absolute atomic E-state index is 0.187. The lowest BCUT2D eigenvalue weighted by molar-refractivity contribution is 0.0958. The molecule has 1 fully saturated rings. The number of hydrogen-bond acceptors (Lipinski definition) is 4. The standard InChI is InChI=1S/C21H26N4O/c1-13-15(6-5-7-19(13)22-3)10-18-11-16(14(2)24-17-8-9-17)12-20(25-18)21(26)23-4/h5-7,11-12,17,22,24H,2,8-10H2,1,3-4H3,(H,23,26). The van der Waals surface area contributed by atoms with Crippen LogP contribution in [0.25, 0.3) is 5.70 Å². The van der Waals surface area contributed by atoms with Crippen molar-refractivity contribution in [2.75, 3.05) is 19.4 Å². The number of hydrogen-bond donors (Lipinski definition) is 3. The maximum Gasteiger partial charge on any atom is 0.269 e. The van der Waals surface area contributed by atoms with Crippen molar-refractivity contribution < 1.29 is 4.79 Å². The number of benzene rings is 1. The van der Waals surface area contributed by atoms with Gasteiger partial charge in [-0.15, -0.1) is 0 Å². The Hall–Kier alpha value is -2.82. The molecule has 0 radical (unpaired) electrons. The van der Waals surface area contributed by atoms with Crippen LogP contribution in [0.5, 0.6) is 0 Å². The Morgan fingerprint density at radius 1 is 1.27 bits per heavy atom. The average molecular weight is 350 g/mol. The zero-order valence-electron chi connectivity index (χ0n) is 15.6. The van der Waals surface area contributed by atoms with E-state index in [4.69, 9.17) is 0 Å². The first-order valence-corrected chi connectivity index (χ1v) is 8.97. The molecule has 5 nitrogen and oxygen atoms in total. The fourth-order valence-electron chi connectivity index (χ4n) is 3.00. The Morgan fingerprint density at radius 3 is 2.69 bits per heavy atom. The highest BCUT2D eigenvalue weighted by Gasteiger charge is 2.22. The van der Waals surface area contributed by atoms with Gasteiger partial charge in [-0.3, -0.25) is 4.79 Å². The molecule has 0 aliphatic heterocycles. The van der Waals surface area contributed by atoms with Crippen LogP contribution in [0.1, 0.15) is 45.7 Å². The fourth-order valence-corrected chi connectivity index (χ4v) is 3.00. The molecular formula is C21H26N4O. The summed E-state index contributed by atoms with van der Waals surface area (Å²) < 4.78 is 0. The first-order chi connectivity index (χ1) is 12.5. The highest BCUT2D eigenvalue weighted by Crippen LogP contribution is 2.25. The highest BCUT2D eigenvalue weighted by atomic mass is 16.1. The zero-order valence-corrected chi connectivity index (χ0v) is 15.6. The molecule has 1 heterocycles. The second kappa shape index (κ2) is 7.60. The molecule has 1 amide bonds. The van der Waals surface area contributed by atoms with Gasteiger partial charge in [0.05, 0.1) is 0 Å². The van der Waals surface area contributed by atoms with Crippen molar-refractivity contribution >= 4 is 17.3 Å². The van der Waals surface area contributed by atoms with E-state index in [1.165, 1.54) is 24.0 Å². The van der Waals surface area contributed by atoms with Gasteiger partial charge >= 0.3 is 0 Å². The van der Waals surface area contributed by atoms with Gasteiger partial charge in [0.15, 0.2) is 0 Å². The van der Waals surface area contributed by atoms with Crippen LogP contribution in [0.3, 0.4) is 0 Å². The Morgan fingerprint density at radius 2 is 2.04 bits per heavy atom. The highest BCUT2D eigenvalue weighted by molar-refractivity contribution is 5.93. The second-order valence-corrected chi connectivity index (χ2v) is 6.73. The minimum atomic E-state index is -0.187. The summed E-state index contributed by atoms with van der Waals surface area (Å²) in [6.45, 7) is 6.24. The average Bonchev–Trinajstić information content (AvgIpc) is 3.46. The predicted molar refractivity (Wildman–Crippen MR) is 106 cm³/mol. The smallest absolute Gasteiger partial charge is 0.269 e. The van der Waals surface area contributed by atoms with Crippen LogP contribution < -0.4 is 16.0 Å². The summed E-state index contributed by atoms with van der Waals surface area (Å²) >= 11 is 0. The number of anilines is 1. The normalized spacial score (nSPS) is 13.2. The molecule has 26 heavy (non-hydrogen) atoms. The van der Waals surface area contributed by atoms with Crippen LogP contribution in [0.15, 0.2) is 36.9 Å². The van der Waals surface area contributed by atoms with Crippen LogP contribution in [-0.4, -0.2) is 31.0 Å². The van der Waals surface area contributed by atoms with Gasteiger partial charge in [-0.25, -0.2) is 4.98 Å². The molecule has 0 atom stereocenters. The number of carbonyl (C=O) groups excluding carboxylic acids is 1. The van der Waals surface area contributed by atoms with E-state index in [-0.39, 0.29) is 5.91 Å². The lowest BCUT2D eigenvalue weighted by atomic mass is 10.0. The van der Waals surface area contributed by atoms with E-state index in [2.05, 4.69) is 46.6 Å². The quantitative estimate of drug-likeness (QED) is 0.718. The molecular weight excluding hydrogens is 324 g/mol. The van der Waals surface area contributed by atoms with Crippen molar-refractivity contribution in [3.8, 4) is 0 Å². The third-order valence-electron chi connectivity index (χ3n) is 4.73. The summed E-state index contributed by atoms with van der Waals surface area (Å²) in [6.07, 6.45) is 3.01. The largest absolute Gasteiger partial charge is 0.388 e. The van der Waals surface area contributed by atoms with Crippen LogP contribution in [0, 0.1) is 6.92 Å². The maximum atomic E-state index is 12.2. The van der Waals surface area contributed by atoms with Gasteiger partial charge in [0, 0.05) is 49.2 Å². The number of rotatable bonds is 7. The Kier molecular flexibility index (Phi) is 5.26. The Balaban J connectivity index is 1.94. The fraction of sp³-hybridized carbons (Fsp3) is 0.333. The molecule has 1 aromatic heterocycles. The first kappa shape index (κ1) is 18.0. The van der Waals surface area contributed by atoms with E-state index in [0.29, 0.717) is 18.2 Å². The maximum absolute atomic E-state index is 12.2. The van der Waals surface area contributed by atoms with Crippen LogP contribution in [0.4, 0.5) is 5.69 Å². The van der Waals surface area contributed by atoms with Crippen molar-refractivity contribution in [2.45, 2.75) is 32.2 Å². The Bertz CT molecular complexity index is 840. The molecule has 3 N–H and O–H groups in total. The van der Waals surface area contributed by atoms with Gasteiger partial charge in [-0.2, -0.15) is 0 Å². The molecule has 0 unspecified atom stereocenters. The summed E-state index contributed by atoms with van der Waals surface area (Å²) in [6, 6.07) is 10.5. The third-order valence-corrected chi connectivity index (χ3v) is 4.73. The van der Waals surface area contributed by atoms with E-state index in [9.17, 15) is 4.79 Å². The topological polar surface area (TPSA) is 66.0 Å². The van der Waals surface area contributed by atoms with Gasteiger partial charge in [-0.05, 0) is 49.1 Å². The molecule has 2 aromatic rings. The molecule has 3 rings (SSSR count). The third kappa shape index (κ3) is 4.04. The lowest BCUT2D eigenvalue weighted by Crippen LogP contribution is -2.21. The summed E-state index contributed by atoms with van der Waals surface area (Å²) in [5, 5.41) is 9.28.